The Hall–Kier alpha value is -1.36. The van der Waals surface area contributed by atoms with Gasteiger partial charge >= 0.3 is 0 Å². The molecule has 0 aromatic carbocycles. The van der Waals surface area contributed by atoms with Crippen molar-refractivity contribution in [1.29, 1.82) is 0 Å². The van der Waals surface area contributed by atoms with E-state index in [9.17, 15) is 9.90 Å². The summed E-state index contributed by atoms with van der Waals surface area (Å²) >= 11 is 0. The normalized spacial score (nSPS) is 12.8. The third-order valence-electron chi connectivity index (χ3n) is 2.61. The number of aromatic nitrogens is 1. The van der Waals surface area contributed by atoms with Crippen molar-refractivity contribution in [3.63, 3.8) is 0 Å². The molecule has 96 valence electrons. The quantitative estimate of drug-likeness (QED) is 0.819. The van der Waals surface area contributed by atoms with E-state index in [1.54, 1.807) is 6.92 Å². The first-order chi connectivity index (χ1) is 7.97. The number of aliphatic hydroxyl groups is 1. The van der Waals surface area contributed by atoms with E-state index in [2.05, 4.69) is 10.5 Å². The lowest BCUT2D eigenvalue weighted by Gasteiger charge is -2.10. The minimum absolute atomic E-state index is 0.105. The van der Waals surface area contributed by atoms with E-state index in [0.717, 1.165) is 0 Å². The molecule has 1 amide bonds. The number of hydrogen-bond donors (Lipinski definition) is 2. The predicted molar refractivity (Wildman–Crippen MR) is 64.0 cm³/mol. The molecule has 1 unspecified atom stereocenters. The monoisotopic (exact) mass is 240 g/mol. The molecule has 17 heavy (non-hydrogen) atoms. The number of carbonyl (C=O) groups is 1. The van der Waals surface area contributed by atoms with Crippen LogP contribution in [0.4, 0.5) is 0 Å². The highest BCUT2D eigenvalue weighted by Gasteiger charge is 2.22. The summed E-state index contributed by atoms with van der Waals surface area (Å²) in [6.07, 6.45) is 0.0987. The summed E-state index contributed by atoms with van der Waals surface area (Å²) in [5, 5.41) is 15.9. The third-order valence-corrected chi connectivity index (χ3v) is 2.61. The highest BCUT2D eigenvalue weighted by atomic mass is 16.5. The van der Waals surface area contributed by atoms with Crippen LogP contribution in [0.1, 0.15) is 54.9 Å². The van der Waals surface area contributed by atoms with Crippen LogP contribution in [0.15, 0.2) is 4.52 Å². The average Bonchev–Trinajstić information content (AvgIpc) is 2.67. The maximum Gasteiger partial charge on any atom is 0.256 e. The highest BCUT2D eigenvalue weighted by molar-refractivity contribution is 5.96. The first kappa shape index (κ1) is 13.7. The van der Waals surface area contributed by atoms with Crippen LogP contribution >= 0.6 is 0 Å². The number of hydrogen-bond acceptors (Lipinski definition) is 4. The standard InChI is InChI=1S/C12H20N2O3/c1-5-9(15)6-13-12(16)10-8(4)14-17-11(10)7(2)3/h7,9,15H,5-6H2,1-4H3,(H,13,16). The van der Waals surface area contributed by atoms with Crippen molar-refractivity contribution in [3.8, 4) is 0 Å². The first-order valence-electron chi connectivity index (χ1n) is 5.89. The summed E-state index contributed by atoms with van der Waals surface area (Å²) in [4.78, 5) is 12.0. The maximum absolute atomic E-state index is 12.0. The van der Waals surface area contributed by atoms with Gasteiger partial charge in [-0.25, -0.2) is 0 Å². The van der Waals surface area contributed by atoms with Gasteiger partial charge in [0.05, 0.1) is 11.8 Å². The Morgan fingerprint density at radius 3 is 2.71 bits per heavy atom. The van der Waals surface area contributed by atoms with Gasteiger partial charge in [-0.1, -0.05) is 25.9 Å². The van der Waals surface area contributed by atoms with Gasteiger partial charge in [-0.2, -0.15) is 0 Å². The van der Waals surface area contributed by atoms with Crippen molar-refractivity contribution >= 4 is 5.91 Å². The number of nitrogens with one attached hydrogen (secondary N) is 1. The van der Waals surface area contributed by atoms with Crippen LogP contribution in [-0.2, 0) is 0 Å². The second-order valence-electron chi connectivity index (χ2n) is 4.43. The van der Waals surface area contributed by atoms with Crippen molar-refractivity contribution in [1.82, 2.24) is 10.5 Å². The number of carbonyl (C=O) groups excluding carboxylic acids is 1. The van der Waals surface area contributed by atoms with Crippen LogP contribution in [0.25, 0.3) is 0 Å². The molecule has 1 heterocycles. The Balaban J connectivity index is 2.78. The molecule has 1 rings (SSSR count). The molecule has 0 radical (unpaired) electrons. The van der Waals surface area contributed by atoms with E-state index in [0.29, 0.717) is 23.4 Å². The van der Waals surface area contributed by atoms with Gasteiger partial charge in [0.15, 0.2) is 5.76 Å². The van der Waals surface area contributed by atoms with Gasteiger partial charge in [-0.3, -0.25) is 4.79 Å². The van der Waals surface area contributed by atoms with Crippen LogP contribution in [-0.4, -0.2) is 28.8 Å². The lowest BCUT2D eigenvalue weighted by atomic mass is 10.0. The summed E-state index contributed by atoms with van der Waals surface area (Å²) in [5.74, 6) is 0.457. The van der Waals surface area contributed by atoms with Crippen LogP contribution < -0.4 is 5.32 Å². The van der Waals surface area contributed by atoms with E-state index in [-0.39, 0.29) is 18.4 Å². The number of rotatable bonds is 5. The minimum atomic E-state index is -0.512. The molecule has 0 bridgehead atoms. The summed E-state index contributed by atoms with van der Waals surface area (Å²) in [6.45, 7) is 7.73. The van der Waals surface area contributed by atoms with E-state index >= 15 is 0 Å². The molecular formula is C12H20N2O3. The predicted octanol–water partition coefficient (Wildman–Crippen LogP) is 1.61. The van der Waals surface area contributed by atoms with E-state index in [4.69, 9.17) is 4.52 Å². The maximum atomic E-state index is 12.0. The zero-order chi connectivity index (χ0) is 13.0. The Kier molecular flexibility index (Phi) is 4.69. The number of aliphatic hydroxyl groups excluding tert-OH is 1. The summed E-state index contributed by atoms with van der Waals surface area (Å²) in [6, 6.07) is 0. The van der Waals surface area contributed by atoms with Crippen LogP contribution in [0.5, 0.6) is 0 Å². The lowest BCUT2D eigenvalue weighted by molar-refractivity contribution is 0.0911. The van der Waals surface area contributed by atoms with E-state index in [1.807, 2.05) is 20.8 Å². The lowest BCUT2D eigenvalue weighted by Crippen LogP contribution is -2.32. The van der Waals surface area contributed by atoms with Gasteiger partial charge < -0.3 is 14.9 Å². The van der Waals surface area contributed by atoms with Gasteiger partial charge in [0.2, 0.25) is 0 Å². The molecule has 0 spiro atoms. The minimum Gasteiger partial charge on any atom is -0.391 e. The van der Waals surface area contributed by atoms with Gasteiger partial charge in [0, 0.05) is 12.5 Å². The fourth-order valence-corrected chi connectivity index (χ4v) is 1.50. The molecular weight excluding hydrogens is 220 g/mol. The van der Waals surface area contributed by atoms with Crippen molar-refractivity contribution in [3.05, 3.63) is 17.0 Å². The van der Waals surface area contributed by atoms with Crippen LogP contribution in [0.3, 0.4) is 0 Å². The Morgan fingerprint density at radius 2 is 2.18 bits per heavy atom. The zero-order valence-corrected chi connectivity index (χ0v) is 10.8. The van der Waals surface area contributed by atoms with Crippen LogP contribution in [0.2, 0.25) is 0 Å². The molecule has 0 saturated carbocycles. The van der Waals surface area contributed by atoms with Crippen molar-refractivity contribution < 1.29 is 14.4 Å². The molecule has 5 heteroatoms. The number of aryl methyl sites for hydroxylation is 1. The molecule has 0 aliphatic rings. The molecule has 2 N–H and O–H groups in total. The zero-order valence-electron chi connectivity index (χ0n) is 10.8. The second-order valence-corrected chi connectivity index (χ2v) is 4.43. The fourth-order valence-electron chi connectivity index (χ4n) is 1.50. The van der Waals surface area contributed by atoms with E-state index < -0.39 is 6.10 Å². The Bertz CT molecular complexity index is 385. The number of amides is 1. The highest BCUT2D eigenvalue weighted by Crippen LogP contribution is 2.21. The summed E-state index contributed by atoms with van der Waals surface area (Å²) in [7, 11) is 0. The van der Waals surface area contributed by atoms with Crippen molar-refractivity contribution in [2.45, 2.75) is 46.1 Å². The fraction of sp³-hybridized carbons (Fsp3) is 0.667. The molecule has 1 aromatic rings. The van der Waals surface area contributed by atoms with Gasteiger partial charge in [-0.15, -0.1) is 0 Å². The van der Waals surface area contributed by atoms with Gasteiger partial charge in [0.1, 0.15) is 5.56 Å². The number of nitrogens with zero attached hydrogens (tertiary/aromatic N) is 1. The molecule has 1 atom stereocenters. The molecule has 0 fully saturated rings. The second kappa shape index (κ2) is 5.82. The molecule has 1 aromatic heterocycles. The SMILES string of the molecule is CCC(O)CNC(=O)c1c(C)noc1C(C)C. The first-order valence-corrected chi connectivity index (χ1v) is 5.89. The van der Waals surface area contributed by atoms with Gasteiger partial charge in [-0.05, 0) is 13.3 Å². The average molecular weight is 240 g/mol. The summed E-state index contributed by atoms with van der Waals surface area (Å²) in [5.41, 5.74) is 1.07. The summed E-state index contributed by atoms with van der Waals surface area (Å²) < 4.78 is 5.14. The Morgan fingerprint density at radius 1 is 1.53 bits per heavy atom. The molecule has 0 aliphatic heterocycles. The van der Waals surface area contributed by atoms with Crippen molar-refractivity contribution in [2.75, 3.05) is 6.54 Å². The smallest absolute Gasteiger partial charge is 0.256 e. The topological polar surface area (TPSA) is 75.4 Å². The van der Waals surface area contributed by atoms with E-state index in [1.165, 1.54) is 0 Å². The molecule has 0 saturated heterocycles. The third kappa shape index (κ3) is 3.30. The molecule has 0 aliphatic carbocycles. The molecule has 5 nitrogen and oxygen atoms in total. The largest absolute Gasteiger partial charge is 0.391 e. The van der Waals surface area contributed by atoms with Crippen molar-refractivity contribution in [2.24, 2.45) is 0 Å². The van der Waals surface area contributed by atoms with Crippen LogP contribution in [0, 0.1) is 6.92 Å². The Labute approximate surface area is 101 Å². The van der Waals surface area contributed by atoms with Gasteiger partial charge in [0.25, 0.3) is 5.91 Å².